The molecule has 30 heavy (non-hydrogen) atoms. The number of quaternary nitrogens is 1. The number of thiazole rings is 1. The molecule has 2 heterocycles. The summed E-state index contributed by atoms with van der Waals surface area (Å²) in [6.45, 7) is 1.96. The molecule has 3 aromatic rings. The van der Waals surface area contributed by atoms with Crippen LogP contribution in [0.1, 0.15) is 29.5 Å². The Kier molecular flexibility index (Phi) is 6.20. The van der Waals surface area contributed by atoms with Crippen LogP contribution in [0.2, 0.25) is 0 Å². The van der Waals surface area contributed by atoms with Crippen molar-refractivity contribution in [1.29, 1.82) is 0 Å². The van der Waals surface area contributed by atoms with Crippen molar-refractivity contribution in [2.75, 3.05) is 34.4 Å². The van der Waals surface area contributed by atoms with Gasteiger partial charge in [0.25, 0.3) is 5.91 Å². The number of amides is 1. The maximum atomic E-state index is 13.0. The van der Waals surface area contributed by atoms with Gasteiger partial charge in [-0.05, 0) is 18.2 Å². The van der Waals surface area contributed by atoms with Gasteiger partial charge in [0.15, 0.2) is 23.1 Å². The highest BCUT2D eigenvalue weighted by atomic mass is 32.1. The third-order valence-corrected chi connectivity index (χ3v) is 6.94. The predicted octanol–water partition coefficient (Wildman–Crippen LogP) is 2.69. The minimum absolute atomic E-state index is 0.128. The van der Waals surface area contributed by atoms with Gasteiger partial charge in [-0.25, -0.2) is 4.98 Å². The second kappa shape index (κ2) is 9.02. The third kappa shape index (κ3) is 4.13. The Morgan fingerprint density at radius 3 is 2.80 bits per heavy atom. The molecule has 7 heteroatoms. The minimum Gasteiger partial charge on any atom is -0.493 e. The van der Waals surface area contributed by atoms with Crippen molar-refractivity contribution in [3.05, 3.63) is 53.0 Å². The number of ether oxygens (including phenoxy) is 2. The monoisotopic (exact) mass is 426 g/mol. The first-order valence-electron chi connectivity index (χ1n) is 10.2. The predicted molar refractivity (Wildman–Crippen MR) is 118 cm³/mol. The number of para-hydroxylation sites is 2. The number of hydrogen-bond donors (Lipinski definition) is 1. The number of likely N-dealkylation sites (tertiary alicyclic amines) is 1. The molecule has 4 rings (SSSR count). The van der Waals surface area contributed by atoms with Gasteiger partial charge in [0.2, 0.25) is 0 Å². The maximum absolute atomic E-state index is 13.0. The summed E-state index contributed by atoms with van der Waals surface area (Å²) in [6, 6.07) is 14.3. The smallest absolute Gasteiger partial charge is 0.277 e. The number of nitrogens with zero attached hydrogens (tertiary/aromatic N) is 2. The van der Waals surface area contributed by atoms with Crippen LogP contribution in [-0.4, -0.2) is 50.1 Å². The number of rotatable bonds is 7. The fraction of sp³-hybridized carbons (Fsp3) is 0.391. The Bertz CT molecular complexity index is 1000. The van der Waals surface area contributed by atoms with Gasteiger partial charge in [-0.1, -0.05) is 24.3 Å². The van der Waals surface area contributed by atoms with Crippen LogP contribution in [0.25, 0.3) is 10.2 Å². The number of aromatic nitrogens is 1. The number of nitrogens with one attached hydrogen (secondary N) is 1. The van der Waals surface area contributed by atoms with E-state index in [9.17, 15) is 4.79 Å². The van der Waals surface area contributed by atoms with Crippen molar-refractivity contribution >= 4 is 27.5 Å². The molecule has 0 saturated carbocycles. The zero-order valence-electron chi connectivity index (χ0n) is 17.7. The lowest BCUT2D eigenvalue weighted by Gasteiger charge is -2.24. The molecule has 0 spiro atoms. The molecule has 1 fully saturated rings. The number of hydrogen-bond acceptors (Lipinski definition) is 5. The van der Waals surface area contributed by atoms with E-state index in [0.717, 1.165) is 35.5 Å². The van der Waals surface area contributed by atoms with E-state index in [0.29, 0.717) is 30.6 Å². The van der Waals surface area contributed by atoms with Gasteiger partial charge in [-0.3, -0.25) is 4.79 Å². The second-order valence-electron chi connectivity index (χ2n) is 7.70. The lowest BCUT2D eigenvalue weighted by Crippen LogP contribution is -3.11. The second-order valence-corrected chi connectivity index (χ2v) is 8.76. The van der Waals surface area contributed by atoms with Crippen molar-refractivity contribution in [3.63, 3.8) is 0 Å². The van der Waals surface area contributed by atoms with E-state index in [2.05, 4.69) is 18.2 Å². The molecule has 0 bridgehead atoms. The first kappa shape index (κ1) is 20.6. The topological polar surface area (TPSA) is 56.1 Å². The Labute approximate surface area is 181 Å². The molecule has 2 atom stereocenters. The number of fused-ring (bicyclic) bond motifs is 1. The molecule has 1 saturated heterocycles. The van der Waals surface area contributed by atoms with Gasteiger partial charge in [-0.15, -0.1) is 11.3 Å². The van der Waals surface area contributed by atoms with E-state index < -0.39 is 0 Å². The fourth-order valence-corrected chi connectivity index (χ4v) is 5.37. The largest absolute Gasteiger partial charge is 0.493 e. The van der Waals surface area contributed by atoms with E-state index in [1.165, 1.54) is 9.60 Å². The van der Waals surface area contributed by atoms with Crippen LogP contribution in [0.4, 0.5) is 0 Å². The molecule has 158 valence electrons. The molecule has 1 N–H and O–H groups in total. The first-order valence-corrected chi connectivity index (χ1v) is 11.1. The van der Waals surface area contributed by atoms with Gasteiger partial charge >= 0.3 is 0 Å². The SMILES string of the molecule is COc1cccc(CN(C)C(=O)C[NH+]2CCC[C@@H]2c2nc3ccccc3s2)c1OC. The van der Waals surface area contributed by atoms with Crippen molar-refractivity contribution in [2.45, 2.75) is 25.4 Å². The summed E-state index contributed by atoms with van der Waals surface area (Å²) in [6.07, 6.45) is 2.20. The van der Waals surface area contributed by atoms with Crippen LogP contribution < -0.4 is 14.4 Å². The zero-order chi connectivity index (χ0) is 21.1. The van der Waals surface area contributed by atoms with Crippen molar-refractivity contribution in [1.82, 2.24) is 9.88 Å². The van der Waals surface area contributed by atoms with Crippen LogP contribution >= 0.6 is 11.3 Å². The average molecular weight is 427 g/mol. The van der Waals surface area contributed by atoms with Gasteiger partial charge < -0.3 is 19.3 Å². The highest BCUT2D eigenvalue weighted by Gasteiger charge is 2.34. The molecular formula is C23H28N3O3S+. The minimum atomic E-state index is 0.128. The summed E-state index contributed by atoms with van der Waals surface area (Å²) in [5.74, 6) is 1.49. The molecular weight excluding hydrogens is 398 g/mol. The highest BCUT2D eigenvalue weighted by Crippen LogP contribution is 2.31. The average Bonchev–Trinajstić information content (AvgIpc) is 3.39. The van der Waals surface area contributed by atoms with E-state index in [1.54, 1.807) is 30.5 Å². The zero-order valence-corrected chi connectivity index (χ0v) is 18.5. The van der Waals surface area contributed by atoms with E-state index in [1.807, 2.05) is 31.3 Å². The quantitative estimate of drug-likeness (QED) is 0.631. The summed E-state index contributed by atoms with van der Waals surface area (Å²) in [4.78, 5) is 21.0. The van der Waals surface area contributed by atoms with Crippen LogP contribution in [0.3, 0.4) is 0 Å². The summed E-state index contributed by atoms with van der Waals surface area (Å²) >= 11 is 1.76. The number of carbonyl (C=O) groups excluding carboxylic acids is 1. The summed E-state index contributed by atoms with van der Waals surface area (Å²) in [5, 5.41) is 1.15. The molecule has 1 aromatic heterocycles. The molecule has 1 aliphatic rings. The number of benzene rings is 2. The molecule has 1 amide bonds. The first-order chi connectivity index (χ1) is 14.6. The van der Waals surface area contributed by atoms with Crippen LogP contribution in [0.5, 0.6) is 11.5 Å². The third-order valence-electron chi connectivity index (χ3n) is 5.79. The summed E-state index contributed by atoms with van der Waals surface area (Å²) in [5.41, 5.74) is 1.99. The van der Waals surface area contributed by atoms with Crippen LogP contribution in [0.15, 0.2) is 42.5 Å². The van der Waals surface area contributed by atoms with Crippen molar-refractivity contribution in [2.24, 2.45) is 0 Å². The Hall–Kier alpha value is -2.64. The summed E-state index contributed by atoms with van der Waals surface area (Å²) < 4.78 is 12.1. The number of carbonyl (C=O) groups is 1. The van der Waals surface area contributed by atoms with Crippen molar-refractivity contribution < 1.29 is 19.2 Å². The van der Waals surface area contributed by atoms with Gasteiger partial charge in [0.1, 0.15) is 6.04 Å². The fourth-order valence-electron chi connectivity index (χ4n) is 4.21. The molecule has 0 radical (unpaired) electrons. The Balaban J connectivity index is 1.45. The number of likely N-dealkylation sites (N-methyl/N-ethyl adjacent to an activating group) is 1. The van der Waals surface area contributed by atoms with E-state index in [4.69, 9.17) is 14.5 Å². The molecule has 2 aromatic carbocycles. The lowest BCUT2D eigenvalue weighted by molar-refractivity contribution is -0.910. The van der Waals surface area contributed by atoms with E-state index in [-0.39, 0.29) is 5.91 Å². The van der Waals surface area contributed by atoms with Crippen molar-refractivity contribution in [3.8, 4) is 11.5 Å². The van der Waals surface area contributed by atoms with Crippen LogP contribution in [0, 0.1) is 0 Å². The molecule has 6 nitrogen and oxygen atoms in total. The Morgan fingerprint density at radius 2 is 2.03 bits per heavy atom. The van der Waals surface area contributed by atoms with Gasteiger partial charge in [-0.2, -0.15) is 0 Å². The van der Waals surface area contributed by atoms with E-state index >= 15 is 0 Å². The Morgan fingerprint density at radius 1 is 1.20 bits per heavy atom. The van der Waals surface area contributed by atoms with Gasteiger partial charge in [0, 0.05) is 32.0 Å². The van der Waals surface area contributed by atoms with Gasteiger partial charge in [0.05, 0.1) is 31.0 Å². The highest BCUT2D eigenvalue weighted by molar-refractivity contribution is 7.18. The van der Waals surface area contributed by atoms with Crippen LogP contribution in [-0.2, 0) is 11.3 Å². The number of methoxy groups -OCH3 is 2. The maximum Gasteiger partial charge on any atom is 0.277 e. The molecule has 0 aliphatic carbocycles. The standard InChI is InChI=1S/C23H27N3O3S/c1-25(14-16-8-6-11-19(28-2)22(16)29-3)21(27)15-26-13-7-10-18(26)23-24-17-9-4-5-12-20(17)30-23/h4-6,8-9,11-12,18H,7,10,13-15H2,1-3H3/p+1/t18-/m1/s1. The molecule has 1 aliphatic heterocycles. The summed E-state index contributed by atoms with van der Waals surface area (Å²) in [7, 11) is 5.10. The molecule has 1 unspecified atom stereocenters. The lowest BCUT2D eigenvalue weighted by atomic mass is 10.1. The normalized spacial score (nSPS) is 18.5.